The fourth-order valence-corrected chi connectivity index (χ4v) is 2.77. The number of ether oxygens (including phenoxy) is 1. The van der Waals surface area contributed by atoms with Crippen molar-refractivity contribution in [2.45, 2.75) is 46.6 Å². The number of hydrogen-bond acceptors (Lipinski definition) is 2. The molecule has 2 rings (SSSR count). The van der Waals surface area contributed by atoms with Gasteiger partial charge >= 0.3 is 0 Å². The third-order valence-corrected chi connectivity index (χ3v) is 3.92. The first-order valence-electron chi connectivity index (χ1n) is 6.60. The van der Waals surface area contributed by atoms with E-state index in [1.807, 2.05) is 13.0 Å². The standard InChI is InChI=1S/C15H23NO/c1-5-9-15(3,4)12-10-17-14(12)13-8-6-7-11(2)16-13/h6-8,12,14H,5,9-10H2,1-4H3. The number of pyridine rings is 1. The SMILES string of the molecule is CCCC(C)(C)C1COC1c1cccc(C)n1. The van der Waals surface area contributed by atoms with Crippen molar-refractivity contribution in [3.63, 3.8) is 0 Å². The monoisotopic (exact) mass is 233 g/mol. The van der Waals surface area contributed by atoms with Gasteiger partial charge in [-0.2, -0.15) is 0 Å². The maximum absolute atomic E-state index is 5.75. The molecule has 1 aromatic heterocycles. The van der Waals surface area contributed by atoms with Gasteiger partial charge in [-0.05, 0) is 30.9 Å². The Morgan fingerprint density at radius 2 is 2.18 bits per heavy atom. The molecular formula is C15H23NO. The van der Waals surface area contributed by atoms with Crippen LogP contribution in [0.4, 0.5) is 0 Å². The van der Waals surface area contributed by atoms with E-state index in [2.05, 4.69) is 37.9 Å². The van der Waals surface area contributed by atoms with Crippen molar-refractivity contribution in [2.24, 2.45) is 11.3 Å². The van der Waals surface area contributed by atoms with Crippen LogP contribution in [0.25, 0.3) is 0 Å². The van der Waals surface area contributed by atoms with Crippen molar-refractivity contribution >= 4 is 0 Å². The molecule has 17 heavy (non-hydrogen) atoms. The van der Waals surface area contributed by atoms with Crippen molar-refractivity contribution in [3.05, 3.63) is 29.6 Å². The molecule has 2 nitrogen and oxygen atoms in total. The van der Waals surface area contributed by atoms with Crippen LogP contribution in [0.1, 0.15) is 51.1 Å². The minimum atomic E-state index is 0.205. The van der Waals surface area contributed by atoms with Crippen LogP contribution in [0.5, 0.6) is 0 Å². The van der Waals surface area contributed by atoms with E-state index in [1.54, 1.807) is 0 Å². The Morgan fingerprint density at radius 1 is 1.41 bits per heavy atom. The van der Waals surface area contributed by atoms with Gasteiger partial charge in [0.25, 0.3) is 0 Å². The van der Waals surface area contributed by atoms with E-state index in [4.69, 9.17) is 4.74 Å². The van der Waals surface area contributed by atoms with Crippen LogP contribution < -0.4 is 0 Å². The zero-order valence-corrected chi connectivity index (χ0v) is 11.4. The Balaban J connectivity index is 2.13. The van der Waals surface area contributed by atoms with Crippen molar-refractivity contribution in [1.29, 1.82) is 0 Å². The van der Waals surface area contributed by atoms with E-state index in [1.165, 1.54) is 12.8 Å². The van der Waals surface area contributed by atoms with Gasteiger partial charge in [0, 0.05) is 11.6 Å². The first-order valence-corrected chi connectivity index (χ1v) is 6.60. The smallest absolute Gasteiger partial charge is 0.105 e. The Morgan fingerprint density at radius 3 is 2.71 bits per heavy atom. The molecule has 1 aliphatic heterocycles. The number of hydrogen-bond donors (Lipinski definition) is 0. The second-order valence-electron chi connectivity index (χ2n) is 5.80. The molecule has 94 valence electrons. The highest BCUT2D eigenvalue weighted by molar-refractivity contribution is 5.15. The van der Waals surface area contributed by atoms with Crippen molar-refractivity contribution in [2.75, 3.05) is 6.61 Å². The lowest BCUT2D eigenvalue weighted by Gasteiger charge is -2.46. The summed E-state index contributed by atoms with van der Waals surface area (Å²) in [6.45, 7) is 9.88. The molecule has 1 aromatic rings. The van der Waals surface area contributed by atoms with Gasteiger partial charge in [0.15, 0.2) is 0 Å². The fraction of sp³-hybridized carbons (Fsp3) is 0.667. The molecule has 2 heteroatoms. The van der Waals surface area contributed by atoms with Crippen LogP contribution in [0.2, 0.25) is 0 Å². The highest BCUT2D eigenvalue weighted by Gasteiger charge is 2.43. The van der Waals surface area contributed by atoms with Gasteiger partial charge in [0.05, 0.1) is 12.3 Å². The Hall–Kier alpha value is -0.890. The van der Waals surface area contributed by atoms with E-state index >= 15 is 0 Å². The molecule has 0 spiro atoms. The van der Waals surface area contributed by atoms with Gasteiger partial charge in [-0.3, -0.25) is 4.98 Å². The molecule has 1 saturated heterocycles. The average molecular weight is 233 g/mol. The van der Waals surface area contributed by atoms with E-state index in [9.17, 15) is 0 Å². The maximum Gasteiger partial charge on any atom is 0.105 e. The summed E-state index contributed by atoms with van der Waals surface area (Å²) >= 11 is 0. The molecule has 0 radical (unpaired) electrons. The minimum Gasteiger partial charge on any atom is -0.371 e. The first kappa shape index (κ1) is 12.6. The molecule has 0 aliphatic carbocycles. The maximum atomic E-state index is 5.75. The summed E-state index contributed by atoms with van der Waals surface area (Å²) in [4.78, 5) is 4.59. The highest BCUT2D eigenvalue weighted by atomic mass is 16.5. The molecule has 0 bridgehead atoms. The minimum absolute atomic E-state index is 0.205. The molecule has 2 atom stereocenters. The fourth-order valence-electron chi connectivity index (χ4n) is 2.77. The first-order chi connectivity index (χ1) is 8.04. The Kier molecular flexibility index (Phi) is 3.53. The predicted octanol–water partition coefficient (Wildman–Crippen LogP) is 3.90. The van der Waals surface area contributed by atoms with E-state index in [0.29, 0.717) is 11.3 Å². The normalized spacial score (nSPS) is 24.5. The summed E-state index contributed by atoms with van der Waals surface area (Å²) in [6.07, 6.45) is 2.69. The second-order valence-corrected chi connectivity index (χ2v) is 5.80. The van der Waals surface area contributed by atoms with Crippen LogP contribution >= 0.6 is 0 Å². The van der Waals surface area contributed by atoms with Gasteiger partial charge in [-0.15, -0.1) is 0 Å². The van der Waals surface area contributed by atoms with Crippen LogP contribution in [0.15, 0.2) is 18.2 Å². The largest absolute Gasteiger partial charge is 0.371 e. The molecule has 0 aromatic carbocycles. The topological polar surface area (TPSA) is 22.1 Å². The van der Waals surface area contributed by atoms with E-state index in [-0.39, 0.29) is 6.10 Å². The van der Waals surface area contributed by atoms with E-state index < -0.39 is 0 Å². The third kappa shape index (κ3) is 2.52. The van der Waals surface area contributed by atoms with Crippen LogP contribution in [-0.4, -0.2) is 11.6 Å². The molecular weight excluding hydrogens is 210 g/mol. The Bertz CT molecular complexity index is 386. The lowest BCUT2D eigenvalue weighted by molar-refractivity contribution is -0.167. The zero-order valence-electron chi connectivity index (χ0n) is 11.4. The van der Waals surface area contributed by atoms with Crippen molar-refractivity contribution in [3.8, 4) is 0 Å². The summed E-state index contributed by atoms with van der Waals surface area (Å²) in [5.74, 6) is 0.608. The summed E-state index contributed by atoms with van der Waals surface area (Å²) in [7, 11) is 0. The number of aromatic nitrogens is 1. The van der Waals surface area contributed by atoms with Gasteiger partial charge in [-0.1, -0.05) is 33.3 Å². The third-order valence-electron chi connectivity index (χ3n) is 3.92. The summed E-state index contributed by atoms with van der Waals surface area (Å²) in [5.41, 5.74) is 2.53. The average Bonchev–Trinajstić information content (AvgIpc) is 2.14. The molecule has 0 N–H and O–H groups in total. The van der Waals surface area contributed by atoms with Gasteiger partial charge in [-0.25, -0.2) is 0 Å². The summed E-state index contributed by atoms with van der Waals surface area (Å²) in [6, 6.07) is 6.20. The van der Waals surface area contributed by atoms with Gasteiger partial charge in [0.1, 0.15) is 6.10 Å². The Labute approximate surface area is 104 Å². The molecule has 1 aliphatic rings. The summed E-state index contributed by atoms with van der Waals surface area (Å²) < 4.78 is 5.75. The second kappa shape index (κ2) is 4.77. The number of rotatable bonds is 4. The van der Waals surface area contributed by atoms with Crippen molar-refractivity contribution in [1.82, 2.24) is 4.98 Å². The quantitative estimate of drug-likeness (QED) is 0.786. The van der Waals surface area contributed by atoms with Crippen LogP contribution in [0.3, 0.4) is 0 Å². The van der Waals surface area contributed by atoms with Gasteiger partial charge < -0.3 is 4.74 Å². The van der Waals surface area contributed by atoms with Crippen LogP contribution in [-0.2, 0) is 4.74 Å². The lowest BCUT2D eigenvalue weighted by atomic mass is 9.70. The zero-order chi connectivity index (χ0) is 12.5. The summed E-state index contributed by atoms with van der Waals surface area (Å²) in [5, 5.41) is 0. The molecule has 1 fully saturated rings. The van der Waals surface area contributed by atoms with Crippen molar-refractivity contribution < 1.29 is 4.74 Å². The van der Waals surface area contributed by atoms with E-state index in [0.717, 1.165) is 18.0 Å². The lowest BCUT2D eigenvalue weighted by Crippen LogP contribution is -2.43. The number of nitrogens with zero attached hydrogens (tertiary/aromatic N) is 1. The molecule has 0 amide bonds. The molecule has 0 saturated carbocycles. The van der Waals surface area contributed by atoms with Gasteiger partial charge in [0.2, 0.25) is 0 Å². The predicted molar refractivity (Wildman–Crippen MR) is 69.8 cm³/mol. The molecule has 2 heterocycles. The molecule has 2 unspecified atom stereocenters. The number of aryl methyl sites for hydroxylation is 1. The highest BCUT2D eigenvalue weighted by Crippen LogP contribution is 2.47. The van der Waals surface area contributed by atoms with Crippen LogP contribution in [0, 0.1) is 18.3 Å².